The Labute approximate surface area is 203 Å². The van der Waals surface area contributed by atoms with E-state index in [-0.39, 0.29) is 23.0 Å². The van der Waals surface area contributed by atoms with Gasteiger partial charge in [0.1, 0.15) is 17.3 Å². The number of hydrogen-bond donors (Lipinski definition) is 2. The molecule has 6 nitrogen and oxygen atoms in total. The van der Waals surface area contributed by atoms with Gasteiger partial charge >= 0.3 is 0 Å². The van der Waals surface area contributed by atoms with Crippen LogP contribution < -0.4 is 5.32 Å². The van der Waals surface area contributed by atoms with Crippen molar-refractivity contribution in [3.63, 3.8) is 0 Å². The fourth-order valence-electron chi connectivity index (χ4n) is 4.61. The van der Waals surface area contributed by atoms with Crippen LogP contribution in [0.5, 0.6) is 5.75 Å². The Kier molecular flexibility index (Phi) is 6.57. The highest BCUT2D eigenvalue weighted by atomic mass is 19.1. The molecule has 0 aliphatic carbocycles. The molecule has 7 heteroatoms. The van der Waals surface area contributed by atoms with Crippen molar-refractivity contribution in [2.24, 2.45) is 0 Å². The van der Waals surface area contributed by atoms with Crippen molar-refractivity contribution in [3.8, 4) is 28.1 Å². The largest absolute Gasteiger partial charge is 0.507 e. The topological polar surface area (TPSA) is 80.0 Å². The number of nitrogens with one attached hydrogen (secondary N) is 1. The van der Waals surface area contributed by atoms with Gasteiger partial charge in [0.25, 0.3) is 5.91 Å². The molecule has 1 amide bonds. The standard InChI is InChI=1S/C28H27FN4O2/c29-21-12-10-19(11-13-21)27-26(24-8-3-4-17-33(24)32-27)20-14-16-30-22(18-20)6-5-15-31-28(35)23-7-1-2-9-25(23)34/h1-2,7,9-14,16,18,34H,3-6,8,15,17H2,(H,31,35). The van der Waals surface area contributed by atoms with Crippen LogP contribution in [0.3, 0.4) is 0 Å². The zero-order chi connectivity index (χ0) is 24.2. The summed E-state index contributed by atoms with van der Waals surface area (Å²) in [5.74, 6) is -0.582. The number of amides is 1. The third kappa shape index (κ3) is 4.94. The summed E-state index contributed by atoms with van der Waals surface area (Å²) in [5.41, 5.74) is 6.32. The van der Waals surface area contributed by atoms with Crippen LogP contribution >= 0.6 is 0 Å². The Morgan fingerprint density at radius 2 is 1.89 bits per heavy atom. The van der Waals surface area contributed by atoms with Crippen molar-refractivity contribution in [2.45, 2.75) is 38.6 Å². The lowest BCUT2D eigenvalue weighted by molar-refractivity contribution is 0.0950. The van der Waals surface area contributed by atoms with Crippen molar-refractivity contribution in [1.82, 2.24) is 20.1 Å². The summed E-state index contributed by atoms with van der Waals surface area (Å²) in [6.45, 7) is 1.36. The van der Waals surface area contributed by atoms with E-state index in [1.807, 2.05) is 12.3 Å². The highest BCUT2D eigenvalue weighted by Crippen LogP contribution is 2.37. The molecule has 0 atom stereocenters. The number of pyridine rings is 1. The fraction of sp³-hybridized carbons (Fsp3) is 0.250. The first-order chi connectivity index (χ1) is 17.1. The zero-order valence-corrected chi connectivity index (χ0v) is 19.4. The molecule has 0 radical (unpaired) electrons. The number of phenols is 1. The Bertz CT molecular complexity index is 1350. The third-order valence-electron chi connectivity index (χ3n) is 6.36. The number of carbonyl (C=O) groups is 1. The number of rotatable bonds is 7. The lowest BCUT2D eigenvalue weighted by Crippen LogP contribution is -2.24. The first-order valence-electron chi connectivity index (χ1n) is 12.0. The van der Waals surface area contributed by atoms with Crippen molar-refractivity contribution in [1.29, 1.82) is 0 Å². The van der Waals surface area contributed by atoms with Crippen LogP contribution in [-0.4, -0.2) is 32.3 Å². The van der Waals surface area contributed by atoms with Crippen molar-refractivity contribution >= 4 is 5.91 Å². The lowest BCUT2D eigenvalue weighted by atomic mass is 9.95. The number of phenolic OH excluding ortho intramolecular Hbond substituents is 1. The predicted molar refractivity (Wildman–Crippen MR) is 133 cm³/mol. The second-order valence-electron chi connectivity index (χ2n) is 8.77. The van der Waals surface area contributed by atoms with Gasteiger partial charge in [0.05, 0.1) is 5.56 Å². The Balaban J connectivity index is 1.33. The number of aromatic nitrogens is 3. The summed E-state index contributed by atoms with van der Waals surface area (Å²) >= 11 is 0. The number of nitrogens with zero attached hydrogens (tertiary/aromatic N) is 3. The van der Waals surface area contributed by atoms with Crippen LogP contribution in [0, 0.1) is 5.82 Å². The highest BCUT2D eigenvalue weighted by molar-refractivity contribution is 5.96. The Morgan fingerprint density at radius 3 is 2.71 bits per heavy atom. The summed E-state index contributed by atoms with van der Waals surface area (Å²) < 4.78 is 15.6. The Hall–Kier alpha value is -4.00. The van der Waals surface area contributed by atoms with Gasteiger partial charge in [-0.25, -0.2) is 4.39 Å². The summed E-state index contributed by atoms with van der Waals surface area (Å²) in [6.07, 6.45) is 6.41. The van der Waals surface area contributed by atoms with Gasteiger partial charge in [-0.2, -0.15) is 5.10 Å². The lowest BCUT2D eigenvalue weighted by Gasteiger charge is -2.15. The molecule has 4 aromatic rings. The summed E-state index contributed by atoms with van der Waals surface area (Å²) in [6, 6.07) is 17.1. The minimum Gasteiger partial charge on any atom is -0.507 e. The maximum absolute atomic E-state index is 13.5. The van der Waals surface area contributed by atoms with Gasteiger partial charge in [-0.05, 0) is 86.2 Å². The quantitative estimate of drug-likeness (QED) is 0.366. The number of halogens is 1. The van der Waals surface area contributed by atoms with Gasteiger partial charge in [0.15, 0.2) is 0 Å². The smallest absolute Gasteiger partial charge is 0.255 e. The van der Waals surface area contributed by atoms with Crippen molar-refractivity contribution in [2.75, 3.05) is 6.54 Å². The van der Waals surface area contributed by atoms with Gasteiger partial charge in [-0.3, -0.25) is 14.5 Å². The van der Waals surface area contributed by atoms with Crippen LogP contribution in [0.1, 0.15) is 41.0 Å². The van der Waals surface area contributed by atoms with Crippen LogP contribution in [0.4, 0.5) is 4.39 Å². The normalized spacial score (nSPS) is 12.8. The summed E-state index contributed by atoms with van der Waals surface area (Å²) in [7, 11) is 0. The van der Waals surface area contributed by atoms with Gasteiger partial charge < -0.3 is 10.4 Å². The van der Waals surface area contributed by atoms with Crippen LogP contribution in [0.25, 0.3) is 22.4 Å². The minimum absolute atomic E-state index is 0.0270. The molecule has 0 spiro atoms. The molecule has 1 aliphatic heterocycles. The van der Waals surface area contributed by atoms with E-state index in [1.165, 1.54) is 23.9 Å². The molecule has 0 bridgehead atoms. The number of fused-ring (bicyclic) bond motifs is 1. The predicted octanol–water partition coefficient (Wildman–Crippen LogP) is 5.16. The minimum atomic E-state index is -0.291. The second kappa shape index (κ2) is 10.1. The third-order valence-corrected chi connectivity index (χ3v) is 6.36. The molecule has 0 unspecified atom stereocenters. The number of hydrogen-bond acceptors (Lipinski definition) is 4. The van der Waals surface area contributed by atoms with Gasteiger partial charge in [0.2, 0.25) is 0 Å². The number of carbonyl (C=O) groups excluding carboxylic acids is 1. The molecule has 35 heavy (non-hydrogen) atoms. The second-order valence-corrected chi connectivity index (χ2v) is 8.77. The molecule has 5 rings (SSSR count). The van der Waals surface area contributed by atoms with E-state index < -0.39 is 0 Å². The number of para-hydroxylation sites is 1. The highest BCUT2D eigenvalue weighted by Gasteiger charge is 2.23. The van der Waals surface area contributed by atoms with Gasteiger partial charge in [-0.1, -0.05) is 12.1 Å². The molecule has 178 valence electrons. The van der Waals surface area contributed by atoms with E-state index in [0.29, 0.717) is 19.4 Å². The molecule has 0 fully saturated rings. The molecular formula is C28H27FN4O2. The molecule has 1 aliphatic rings. The van der Waals surface area contributed by atoms with Crippen molar-refractivity contribution in [3.05, 3.63) is 89.6 Å². The zero-order valence-electron chi connectivity index (χ0n) is 19.4. The molecule has 2 N–H and O–H groups in total. The average Bonchev–Trinajstić information content (AvgIpc) is 3.27. The monoisotopic (exact) mass is 470 g/mol. The van der Waals surface area contributed by atoms with E-state index in [4.69, 9.17) is 5.10 Å². The molecule has 0 saturated carbocycles. The number of benzene rings is 2. The van der Waals surface area contributed by atoms with Crippen LogP contribution in [0.15, 0.2) is 66.9 Å². The SMILES string of the molecule is O=C(NCCCc1cc(-c2c(-c3ccc(F)cc3)nn3c2CCCC3)ccn1)c1ccccc1O. The van der Waals surface area contributed by atoms with Gasteiger partial charge in [0, 0.05) is 41.8 Å². The summed E-state index contributed by atoms with van der Waals surface area (Å²) in [5, 5.41) is 17.6. The summed E-state index contributed by atoms with van der Waals surface area (Å²) in [4.78, 5) is 16.8. The van der Waals surface area contributed by atoms with Gasteiger partial charge in [-0.15, -0.1) is 0 Å². The Morgan fingerprint density at radius 1 is 1.06 bits per heavy atom. The van der Waals surface area contributed by atoms with E-state index in [2.05, 4.69) is 21.0 Å². The first kappa shape index (κ1) is 22.8. The maximum Gasteiger partial charge on any atom is 0.255 e. The molecule has 2 aromatic heterocycles. The average molecular weight is 471 g/mol. The van der Waals surface area contributed by atoms with E-state index in [1.54, 1.807) is 30.3 Å². The van der Waals surface area contributed by atoms with Crippen LogP contribution in [0.2, 0.25) is 0 Å². The molecular weight excluding hydrogens is 443 g/mol. The molecule has 2 aromatic carbocycles. The van der Waals surface area contributed by atoms with E-state index in [0.717, 1.165) is 53.9 Å². The van der Waals surface area contributed by atoms with Crippen LogP contribution in [-0.2, 0) is 19.4 Å². The molecule has 0 saturated heterocycles. The number of aromatic hydroxyl groups is 1. The number of aryl methyl sites for hydroxylation is 2. The van der Waals surface area contributed by atoms with Crippen molar-refractivity contribution < 1.29 is 14.3 Å². The fourth-order valence-corrected chi connectivity index (χ4v) is 4.61. The first-order valence-corrected chi connectivity index (χ1v) is 12.0. The maximum atomic E-state index is 13.5. The van der Waals surface area contributed by atoms with E-state index in [9.17, 15) is 14.3 Å². The van der Waals surface area contributed by atoms with E-state index >= 15 is 0 Å². The molecule has 3 heterocycles.